The summed E-state index contributed by atoms with van der Waals surface area (Å²) in [6.07, 6.45) is 22.6. The Hall–Kier alpha value is -7.89. The van der Waals surface area contributed by atoms with Gasteiger partial charge in [0, 0.05) is 58.1 Å². The van der Waals surface area contributed by atoms with Gasteiger partial charge in [0.1, 0.15) is 24.8 Å². The Morgan fingerprint density at radius 1 is 0.582 bits per heavy atom. The van der Waals surface area contributed by atoms with Crippen LogP contribution in [0.25, 0.3) is 0 Å². The van der Waals surface area contributed by atoms with E-state index in [0.29, 0.717) is 81.7 Å². The summed E-state index contributed by atoms with van der Waals surface area (Å²) in [6.45, 7) is 13.3. The number of carbonyl (C=O) groups is 7. The summed E-state index contributed by atoms with van der Waals surface area (Å²) in [5.74, 6) is 0.777. The Morgan fingerprint density at radius 2 is 1.04 bits per heavy atom. The zero-order chi connectivity index (χ0) is 56.8. The molecule has 4 atom stereocenters. The highest BCUT2D eigenvalue weighted by molar-refractivity contribution is 5.86. The first-order chi connectivity index (χ1) is 38.1. The number of nitrogens with zero attached hydrogens (tertiary/aromatic N) is 12. The van der Waals surface area contributed by atoms with Crippen LogP contribution in [0.4, 0.5) is 10.6 Å². The van der Waals surface area contributed by atoms with Crippen LogP contribution >= 0.6 is 0 Å². The average molecular weight is 1100 g/mol. The van der Waals surface area contributed by atoms with Crippen molar-refractivity contribution >= 4 is 47.5 Å². The number of amides is 5. The lowest BCUT2D eigenvalue weighted by Crippen LogP contribution is -2.29. The Morgan fingerprint density at radius 3 is 1.52 bits per heavy atom. The lowest BCUT2D eigenvalue weighted by atomic mass is 10.0. The summed E-state index contributed by atoms with van der Waals surface area (Å²) in [7, 11) is 0. The predicted molar refractivity (Wildman–Crippen MR) is 288 cm³/mol. The Labute approximate surface area is 460 Å². The quantitative estimate of drug-likeness (QED) is 0.0568. The molecule has 4 aromatic heterocycles. The van der Waals surface area contributed by atoms with Crippen molar-refractivity contribution in [2.45, 2.75) is 145 Å². The Balaban J connectivity index is 0.000000173. The number of anilines is 1. The third-order valence-corrected chi connectivity index (χ3v) is 14.2. The van der Waals surface area contributed by atoms with Gasteiger partial charge in [-0.2, -0.15) is 0 Å². The number of carbonyl (C=O) groups excluding carboxylic acids is 5. The van der Waals surface area contributed by atoms with E-state index in [1.54, 1.807) is 44.0 Å². The average Bonchev–Trinajstić information content (AvgIpc) is 4.32. The van der Waals surface area contributed by atoms with Gasteiger partial charge in [0.15, 0.2) is 5.69 Å². The first kappa shape index (κ1) is 60.3. The molecule has 24 heteroatoms. The van der Waals surface area contributed by atoms with E-state index >= 15 is 0 Å². The van der Waals surface area contributed by atoms with E-state index in [1.165, 1.54) is 29.6 Å². The molecule has 8 heterocycles. The summed E-state index contributed by atoms with van der Waals surface area (Å²) in [4.78, 5) is 104. The van der Waals surface area contributed by atoms with Crippen LogP contribution in [0.3, 0.4) is 0 Å². The maximum Gasteiger partial charge on any atom is 0.413 e. The number of rotatable bonds is 22. The number of aromatic nitrogens is 8. The molecule has 0 aliphatic carbocycles. The standard InChI is InChI=1S/C19H24N4O3.2C12H17N3O3.C12H19N3O2/c1-2-6-16-9-18(24)22(11-16)14-23-13-20-10-17(23)21-19(25)26-12-15-7-4-3-5-8-15;1-2-3-9-4-11(16)14(6-9)8-15-7-13-5-10(15)12(17)18;1-2-3-9-4-11(16)15(5-9)8-14-6-10(12(17)18)13-7-14;1-2-3-10-4-12(17)14(6-10)9-15-8-13-5-11(15)7-16/h3-5,7-8,10,13,16H,2,6,9,11-12,14H2,1H3,(H,21,25);5,7,9H,2-4,6,8H2,1H3,(H,17,18);6-7,9H,2-5,8H2,1H3,(H,17,18);5,8,10,16H,2-4,6-7,9H2,1H3. The molecule has 428 valence electrons. The fraction of sp³-hybridized carbons (Fsp3) is 0.545. The van der Waals surface area contributed by atoms with Gasteiger partial charge < -0.3 is 53.4 Å². The summed E-state index contributed by atoms with van der Waals surface area (Å²) in [5.41, 5.74) is 1.78. The van der Waals surface area contributed by atoms with Crippen LogP contribution in [0.1, 0.15) is 137 Å². The highest BCUT2D eigenvalue weighted by Crippen LogP contribution is 2.26. The molecule has 1 aromatic carbocycles. The van der Waals surface area contributed by atoms with Gasteiger partial charge in [-0.3, -0.25) is 29.1 Å². The maximum atomic E-state index is 12.2. The highest BCUT2D eigenvalue weighted by Gasteiger charge is 2.32. The van der Waals surface area contributed by atoms with Gasteiger partial charge in [-0.05, 0) is 54.9 Å². The van der Waals surface area contributed by atoms with Gasteiger partial charge in [-0.25, -0.2) is 34.3 Å². The van der Waals surface area contributed by atoms with E-state index in [0.717, 1.165) is 82.3 Å². The van der Waals surface area contributed by atoms with E-state index < -0.39 is 18.0 Å². The SMILES string of the molecule is CCCC1CC(=O)N(Cn2cnc(C(=O)O)c2)C1.CCCC1CC(=O)N(Cn2cncc2C(=O)O)C1.CCCC1CC(=O)N(Cn2cncc2CO)C1.CCCC1CC(=O)N(Cn2cncc2NC(=O)OCc2ccccc2)C1. The third-order valence-electron chi connectivity index (χ3n) is 14.2. The van der Waals surface area contributed by atoms with Gasteiger partial charge in [0.25, 0.3) is 0 Å². The monoisotopic (exact) mass is 1100 g/mol. The number of aliphatic hydroxyl groups excluding tert-OH is 1. The van der Waals surface area contributed by atoms with Crippen molar-refractivity contribution in [1.82, 2.24) is 57.8 Å². The van der Waals surface area contributed by atoms with Crippen LogP contribution in [0.15, 0.2) is 80.4 Å². The molecule has 24 nitrogen and oxygen atoms in total. The van der Waals surface area contributed by atoms with Crippen molar-refractivity contribution in [3.05, 3.63) is 103 Å². The van der Waals surface area contributed by atoms with Crippen LogP contribution in [-0.2, 0) is 63.8 Å². The van der Waals surface area contributed by atoms with E-state index in [1.807, 2.05) is 44.7 Å². The summed E-state index contributed by atoms with van der Waals surface area (Å²) in [6, 6.07) is 9.48. The molecule has 79 heavy (non-hydrogen) atoms. The lowest BCUT2D eigenvalue weighted by molar-refractivity contribution is -0.130. The van der Waals surface area contributed by atoms with Gasteiger partial charge in [-0.1, -0.05) is 83.7 Å². The second kappa shape index (κ2) is 30.3. The van der Waals surface area contributed by atoms with Crippen molar-refractivity contribution in [3.63, 3.8) is 0 Å². The van der Waals surface area contributed by atoms with Crippen molar-refractivity contribution in [1.29, 1.82) is 0 Å². The molecule has 0 spiro atoms. The van der Waals surface area contributed by atoms with Crippen molar-refractivity contribution in [2.24, 2.45) is 23.7 Å². The summed E-state index contributed by atoms with van der Waals surface area (Å²) in [5, 5.41) is 29.5. The second-order valence-corrected chi connectivity index (χ2v) is 20.5. The minimum atomic E-state index is -1.05. The van der Waals surface area contributed by atoms with Gasteiger partial charge in [-0.15, -0.1) is 0 Å². The maximum absolute atomic E-state index is 12.2. The minimum absolute atomic E-state index is 0.00625. The zero-order valence-corrected chi connectivity index (χ0v) is 45.8. The first-order valence-corrected chi connectivity index (χ1v) is 27.3. The van der Waals surface area contributed by atoms with E-state index in [2.05, 4.69) is 52.9 Å². The number of aliphatic hydroxyl groups is 1. The number of carboxylic acid groups (broad SMARTS) is 2. The highest BCUT2D eigenvalue weighted by atomic mass is 16.5. The van der Waals surface area contributed by atoms with Gasteiger partial charge in [0.2, 0.25) is 23.6 Å². The zero-order valence-electron chi connectivity index (χ0n) is 45.8. The molecule has 0 bridgehead atoms. The molecule has 9 rings (SSSR count). The smallest absolute Gasteiger partial charge is 0.413 e. The third kappa shape index (κ3) is 18.1. The number of benzene rings is 1. The topological polar surface area (TPSA) is 286 Å². The molecule has 5 amide bonds. The van der Waals surface area contributed by atoms with Crippen LogP contribution in [-0.4, -0.2) is 141 Å². The van der Waals surface area contributed by atoms with Crippen molar-refractivity contribution in [3.8, 4) is 0 Å². The number of carboxylic acids is 2. The molecule has 0 saturated carbocycles. The normalized spacial score (nSPS) is 18.7. The molecular formula is C55H77N13O11. The number of likely N-dealkylation sites (tertiary alicyclic amines) is 4. The predicted octanol–water partition coefficient (Wildman–Crippen LogP) is 6.59. The van der Waals surface area contributed by atoms with Crippen LogP contribution in [0, 0.1) is 23.7 Å². The molecule has 4 N–H and O–H groups in total. The second-order valence-electron chi connectivity index (χ2n) is 20.5. The Bertz CT molecular complexity index is 2770. The van der Waals surface area contributed by atoms with Crippen molar-refractivity contribution < 1.29 is 53.6 Å². The lowest BCUT2D eigenvalue weighted by Gasteiger charge is -2.19. The number of hydrogen-bond donors (Lipinski definition) is 4. The number of imidazole rings is 4. The molecule has 4 aliphatic heterocycles. The summed E-state index contributed by atoms with van der Waals surface area (Å²) < 4.78 is 11.9. The van der Waals surface area contributed by atoms with Gasteiger partial charge >= 0.3 is 18.0 Å². The Kier molecular flexibility index (Phi) is 23.2. The van der Waals surface area contributed by atoms with E-state index in [4.69, 9.17) is 20.1 Å². The molecular weight excluding hydrogens is 1020 g/mol. The molecule has 4 aliphatic rings. The van der Waals surface area contributed by atoms with E-state index in [9.17, 15) is 33.6 Å². The molecule has 0 radical (unpaired) electrons. The first-order valence-electron chi connectivity index (χ1n) is 27.3. The van der Waals surface area contributed by atoms with Crippen molar-refractivity contribution in [2.75, 3.05) is 31.5 Å². The van der Waals surface area contributed by atoms with E-state index in [-0.39, 0.29) is 54.9 Å². The minimum Gasteiger partial charge on any atom is -0.477 e. The largest absolute Gasteiger partial charge is 0.477 e. The molecule has 4 saturated heterocycles. The molecule has 4 fully saturated rings. The van der Waals surface area contributed by atoms with Crippen LogP contribution in [0.5, 0.6) is 0 Å². The number of nitrogens with one attached hydrogen (secondary N) is 1. The fourth-order valence-electron chi connectivity index (χ4n) is 10.3. The molecule has 4 unspecified atom stereocenters. The van der Waals surface area contributed by atoms with Crippen LogP contribution in [0.2, 0.25) is 0 Å². The van der Waals surface area contributed by atoms with Crippen LogP contribution < -0.4 is 5.32 Å². The molecule has 5 aromatic rings. The summed E-state index contributed by atoms with van der Waals surface area (Å²) >= 11 is 0. The number of hydrogen-bond acceptors (Lipinski definition) is 13. The number of ether oxygens (including phenoxy) is 1. The van der Waals surface area contributed by atoms with Gasteiger partial charge in [0.05, 0.1) is 76.2 Å². The fourth-order valence-corrected chi connectivity index (χ4v) is 10.3. The number of aromatic carboxylic acids is 2.